The number of carbonyl (C=O) groups is 2. The molecule has 2 rings (SSSR count). The Hall–Kier alpha value is -2.70. The third-order valence-electron chi connectivity index (χ3n) is 2.51. The summed E-state index contributed by atoms with van der Waals surface area (Å²) in [5.74, 6) is -3.38. The van der Waals surface area contributed by atoms with Crippen molar-refractivity contribution in [1.82, 2.24) is 4.57 Å². The molecule has 0 bridgehead atoms. The van der Waals surface area contributed by atoms with E-state index >= 15 is 0 Å². The highest BCUT2D eigenvalue weighted by atomic mass is 19.1. The number of aromatic carboxylic acids is 1. The van der Waals surface area contributed by atoms with Gasteiger partial charge in [0.05, 0.1) is 0 Å². The van der Waals surface area contributed by atoms with Gasteiger partial charge >= 0.3 is 5.97 Å². The number of hydrogen-bond acceptors (Lipinski definition) is 2. The van der Waals surface area contributed by atoms with Crippen molar-refractivity contribution in [3.05, 3.63) is 53.9 Å². The van der Waals surface area contributed by atoms with E-state index in [4.69, 9.17) is 5.11 Å². The average Bonchev–Trinajstić information content (AvgIpc) is 2.75. The number of anilines is 1. The largest absolute Gasteiger partial charge is 0.477 e. The van der Waals surface area contributed by atoms with Gasteiger partial charge < -0.3 is 15.0 Å². The predicted octanol–water partition coefficient (Wildman–Crippen LogP) is 2.10. The molecular formula is C13H10F2N2O3. The maximum atomic E-state index is 13.0. The average molecular weight is 280 g/mol. The third-order valence-corrected chi connectivity index (χ3v) is 2.51. The molecule has 5 nitrogen and oxygen atoms in total. The molecule has 20 heavy (non-hydrogen) atoms. The third kappa shape index (κ3) is 3.19. The topological polar surface area (TPSA) is 71.3 Å². The molecule has 1 aromatic carbocycles. The molecule has 7 heteroatoms. The van der Waals surface area contributed by atoms with Gasteiger partial charge in [0.1, 0.15) is 23.9 Å². The van der Waals surface area contributed by atoms with Crippen LogP contribution in [0.2, 0.25) is 0 Å². The van der Waals surface area contributed by atoms with Gasteiger partial charge in [-0.05, 0) is 24.3 Å². The monoisotopic (exact) mass is 280 g/mol. The number of halogens is 2. The molecule has 1 heterocycles. The van der Waals surface area contributed by atoms with E-state index in [2.05, 4.69) is 5.32 Å². The Labute approximate surface area is 112 Å². The Morgan fingerprint density at radius 3 is 2.45 bits per heavy atom. The Balaban J connectivity index is 2.09. The van der Waals surface area contributed by atoms with Crippen LogP contribution in [0.5, 0.6) is 0 Å². The van der Waals surface area contributed by atoms with Crippen molar-refractivity contribution in [2.45, 2.75) is 6.54 Å². The van der Waals surface area contributed by atoms with Crippen molar-refractivity contribution >= 4 is 17.6 Å². The van der Waals surface area contributed by atoms with Gasteiger partial charge in [0.25, 0.3) is 0 Å². The normalized spacial score (nSPS) is 10.3. The number of nitrogens with one attached hydrogen (secondary N) is 1. The summed E-state index contributed by atoms with van der Waals surface area (Å²) in [6, 6.07) is 5.45. The molecule has 0 aliphatic heterocycles. The highest BCUT2D eigenvalue weighted by Gasteiger charge is 2.12. The van der Waals surface area contributed by atoms with Crippen LogP contribution in [0.25, 0.3) is 0 Å². The Morgan fingerprint density at radius 1 is 1.20 bits per heavy atom. The van der Waals surface area contributed by atoms with Gasteiger partial charge in [-0.1, -0.05) is 0 Å². The zero-order chi connectivity index (χ0) is 14.7. The quantitative estimate of drug-likeness (QED) is 0.901. The molecule has 0 spiro atoms. The number of carboxylic acid groups (broad SMARTS) is 1. The van der Waals surface area contributed by atoms with Crippen molar-refractivity contribution in [1.29, 1.82) is 0 Å². The number of aromatic nitrogens is 1. The highest BCUT2D eigenvalue weighted by molar-refractivity contribution is 5.92. The van der Waals surface area contributed by atoms with Crippen molar-refractivity contribution in [3.8, 4) is 0 Å². The molecule has 0 unspecified atom stereocenters. The summed E-state index contributed by atoms with van der Waals surface area (Å²) in [6.45, 7) is -0.271. The molecule has 2 N–H and O–H groups in total. The Morgan fingerprint density at radius 2 is 1.85 bits per heavy atom. The summed E-state index contributed by atoms with van der Waals surface area (Å²) >= 11 is 0. The second-order valence-corrected chi connectivity index (χ2v) is 4.03. The first-order chi connectivity index (χ1) is 9.45. The number of nitrogens with zero attached hydrogens (tertiary/aromatic N) is 1. The van der Waals surface area contributed by atoms with Crippen LogP contribution >= 0.6 is 0 Å². The van der Waals surface area contributed by atoms with E-state index in [-0.39, 0.29) is 17.9 Å². The van der Waals surface area contributed by atoms with Crippen molar-refractivity contribution in [3.63, 3.8) is 0 Å². The van der Waals surface area contributed by atoms with Crippen molar-refractivity contribution in [2.24, 2.45) is 0 Å². The van der Waals surface area contributed by atoms with Gasteiger partial charge in [-0.15, -0.1) is 0 Å². The molecule has 0 atom stereocenters. The zero-order valence-corrected chi connectivity index (χ0v) is 10.1. The summed E-state index contributed by atoms with van der Waals surface area (Å²) in [6.07, 6.45) is 1.43. The lowest BCUT2D eigenvalue weighted by molar-refractivity contribution is -0.116. The van der Waals surface area contributed by atoms with E-state index in [1.54, 1.807) is 0 Å². The Kier molecular flexibility index (Phi) is 3.79. The summed E-state index contributed by atoms with van der Waals surface area (Å²) in [4.78, 5) is 22.6. The molecule has 0 aliphatic rings. The van der Waals surface area contributed by atoms with E-state index < -0.39 is 23.5 Å². The summed E-state index contributed by atoms with van der Waals surface area (Å²) in [5.41, 5.74) is -0.0814. The zero-order valence-electron chi connectivity index (χ0n) is 10.1. The molecular weight excluding hydrogens is 270 g/mol. The molecule has 2 aromatic rings. The van der Waals surface area contributed by atoms with Crippen molar-refractivity contribution < 1.29 is 23.5 Å². The van der Waals surface area contributed by atoms with Crippen LogP contribution in [0.15, 0.2) is 36.5 Å². The molecule has 0 fully saturated rings. The molecule has 0 aliphatic carbocycles. The predicted molar refractivity (Wildman–Crippen MR) is 66.4 cm³/mol. The minimum Gasteiger partial charge on any atom is -0.477 e. The van der Waals surface area contributed by atoms with Gasteiger partial charge in [0, 0.05) is 18.0 Å². The standard InChI is InChI=1S/C13H10F2N2O3/c14-8-4-9(15)6-10(5-8)16-12(18)7-17-3-1-2-11(17)13(19)20/h1-6H,7H2,(H,16,18)(H,19,20). The highest BCUT2D eigenvalue weighted by Crippen LogP contribution is 2.13. The fourth-order valence-corrected chi connectivity index (χ4v) is 1.73. The van der Waals surface area contributed by atoms with Crippen molar-refractivity contribution in [2.75, 3.05) is 5.32 Å². The number of carbonyl (C=O) groups excluding carboxylic acids is 1. The van der Waals surface area contributed by atoms with Crippen LogP contribution in [-0.2, 0) is 11.3 Å². The summed E-state index contributed by atoms with van der Waals surface area (Å²) < 4.78 is 27.1. The molecule has 0 radical (unpaired) electrons. The SMILES string of the molecule is O=C(Cn1cccc1C(=O)O)Nc1cc(F)cc(F)c1. The summed E-state index contributed by atoms with van der Waals surface area (Å²) in [5, 5.41) is 11.2. The van der Waals surface area contributed by atoms with Gasteiger partial charge in [-0.25, -0.2) is 13.6 Å². The van der Waals surface area contributed by atoms with Crippen LogP contribution < -0.4 is 5.32 Å². The minimum atomic E-state index is -1.17. The lowest BCUT2D eigenvalue weighted by Crippen LogP contribution is -2.21. The second-order valence-electron chi connectivity index (χ2n) is 4.03. The van der Waals surface area contributed by atoms with Gasteiger partial charge in [0.2, 0.25) is 5.91 Å². The fraction of sp³-hybridized carbons (Fsp3) is 0.0769. The maximum Gasteiger partial charge on any atom is 0.352 e. The van der Waals surface area contributed by atoms with Gasteiger partial charge in [-0.2, -0.15) is 0 Å². The van der Waals surface area contributed by atoms with E-state index in [0.717, 1.165) is 12.1 Å². The van der Waals surface area contributed by atoms with Crippen LogP contribution in [0.1, 0.15) is 10.5 Å². The summed E-state index contributed by atoms with van der Waals surface area (Å²) in [7, 11) is 0. The van der Waals surface area contributed by atoms with E-state index in [1.807, 2.05) is 0 Å². The van der Waals surface area contributed by atoms with Crippen LogP contribution in [-0.4, -0.2) is 21.6 Å². The van der Waals surface area contributed by atoms with Gasteiger partial charge in [-0.3, -0.25) is 4.79 Å². The maximum absolute atomic E-state index is 13.0. The number of amides is 1. The second kappa shape index (κ2) is 5.52. The first-order valence-corrected chi connectivity index (χ1v) is 5.60. The molecule has 1 aromatic heterocycles. The molecule has 1 amide bonds. The fourth-order valence-electron chi connectivity index (χ4n) is 1.73. The lowest BCUT2D eigenvalue weighted by Gasteiger charge is -2.08. The Bertz CT molecular complexity index is 647. The first-order valence-electron chi connectivity index (χ1n) is 5.60. The van der Waals surface area contributed by atoms with Crippen LogP contribution in [0, 0.1) is 11.6 Å². The molecule has 0 saturated heterocycles. The van der Waals surface area contributed by atoms with Crippen LogP contribution in [0.4, 0.5) is 14.5 Å². The van der Waals surface area contributed by atoms with E-state index in [1.165, 1.54) is 22.9 Å². The van der Waals surface area contributed by atoms with Gasteiger partial charge in [0.15, 0.2) is 0 Å². The number of carboxylic acids is 1. The van der Waals surface area contributed by atoms with E-state index in [0.29, 0.717) is 6.07 Å². The van der Waals surface area contributed by atoms with E-state index in [9.17, 15) is 18.4 Å². The lowest BCUT2D eigenvalue weighted by atomic mass is 10.3. The smallest absolute Gasteiger partial charge is 0.352 e. The molecule has 0 saturated carbocycles. The minimum absolute atomic E-state index is 0.0310. The molecule has 104 valence electrons. The number of benzene rings is 1. The van der Waals surface area contributed by atoms with Crippen LogP contribution in [0.3, 0.4) is 0 Å². The first kappa shape index (κ1) is 13.7. The number of hydrogen-bond donors (Lipinski definition) is 2. The number of rotatable bonds is 4.